The van der Waals surface area contributed by atoms with E-state index in [1.54, 1.807) is 25.3 Å². The van der Waals surface area contributed by atoms with Crippen molar-refractivity contribution in [1.82, 2.24) is 19.9 Å². The lowest BCUT2D eigenvalue weighted by Gasteiger charge is -2.06. The Kier molecular flexibility index (Phi) is 4.77. The lowest BCUT2D eigenvalue weighted by atomic mass is 10.1. The number of thiophene rings is 1. The van der Waals surface area contributed by atoms with Crippen molar-refractivity contribution in [2.75, 3.05) is 11.9 Å². The Morgan fingerprint density at radius 2 is 2.07 bits per heavy atom. The van der Waals surface area contributed by atoms with Gasteiger partial charge in [0.25, 0.3) is 5.91 Å². The summed E-state index contributed by atoms with van der Waals surface area (Å²) in [7, 11) is 0. The number of aromatic nitrogens is 3. The summed E-state index contributed by atoms with van der Waals surface area (Å²) >= 11 is 1.10. The first-order valence-electron chi connectivity index (χ1n) is 8.83. The van der Waals surface area contributed by atoms with Gasteiger partial charge in [-0.1, -0.05) is 0 Å². The number of amides is 2. The number of nitrogens with one attached hydrogen (secondary N) is 2. The first-order chi connectivity index (χ1) is 13.7. The lowest BCUT2D eigenvalue weighted by Crippen LogP contribution is -2.33. The molecule has 0 atom stereocenters. The molecule has 0 unspecified atom stereocenters. The van der Waals surface area contributed by atoms with Gasteiger partial charge in [-0.3, -0.25) is 9.59 Å². The molecule has 3 aromatic rings. The van der Waals surface area contributed by atoms with Crippen LogP contribution in [0.2, 0.25) is 0 Å². The summed E-state index contributed by atoms with van der Waals surface area (Å²) in [4.78, 5) is 29.1. The Hall–Kier alpha value is -2.95. The summed E-state index contributed by atoms with van der Waals surface area (Å²) in [6.07, 6.45) is -1.10. The molecule has 0 bridgehead atoms. The maximum atomic E-state index is 12.3. The third kappa shape index (κ3) is 4.39. The average molecular weight is 423 g/mol. The summed E-state index contributed by atoms with van der Waals surface area (Å²) in [5.41, 5.74) is 1.72. The number of anilines is 1. The Labute approximate surface area is 166 Å². The highest BCUT2D eigenvalue weighted by molar-refractivity contribution is 7.14. The van der Waals surface area contributed by atoms with E-state index in [4.69, 9.17) is 0 Å². The molecule has 0 aliphatic heterocycles. The number of alkyl halides is 3. The van der Waals surface area contributed by atoms with Gasteiger partial charge in [0.15, 0.2) is 11.5 Å². The zero-order chi connectivity index (χ0) is 20.8. The molecule has 1 saturated carbocycles. The van der Waals surface area contributed by atoms with Gasteiger partial charge < -0.3 is 10.6 Å². The monoisotopic (exact) mass is 423 g/mol. The molecule has 3 aromatic heterocycles. The van der Waals surface area contributed by atoms with Gasteiger partial charge in [0, 0.05) is 16.4 Å². The van der Waals surface area contributed by atoms with E-state index in [9.17, 15) is 22.8 Å². The molecule has 11 heteroatoms. The molecular formula is C18H16F3N5O2S. The number of nitrogens with zero attached hydrogens (tertiary/aromatic N) is 3. The Morgan fingerprint density at radius 3 is 2.76 bits per heavy atom. The van der Waals surface area contributed by atoms with Gasteiger partial charge in [0.1, 0.15) is 6.54 Å². The number of carbonyl (C=O) groups is 2. The van der Waals surface area contributed by atoms with Crippen molar-refractivity contribution in [1.29, 1.82) is 0 Å². The zero-order valence-corrected chi connectivity index (χ0v) is 16.0. The molecule has 29 heavy (non-hydrogen) atoms. The van der Waals surface area contributed by atoms with Crippen LogP contribution in [0.1, 0.15) is 27.4 Å². The molecule has 7 nitrogen and oxygen atoms in total. The molecule has 2 N–H and O–H groups in total. The van der Waals surface area contributed by atoms with Crippen LogP contribution in [-0.2, 0) is 4.79 Å². The molecule has 0 aromatic carbocycles. The largest absolute Gasteiger partial charge is 0.405 e. The molecule has 0 saturated heterocycles. The average Bonchev–Trinajstić information content (AvgIpc) is 3.32. The number of rotatable bonds is 5. The third-order valence-corrected chi connectivity index (χ3v) is 5.44. The highest BCUT2D eigenvalue weighted by atomic mass is 32.1. The van der Waals surface area contributed by atoms with Crippen molar-refractivity contribution >= 4 is 34.6 Å². The number of imidazole rings is 1. The number of fused-ring (bicyclic) bond motifs is 1. The first-order valence-corrected chi connectivity index (χ1v) is 9.64. The summed E-state index contributed by atoms with van der Waals surface area (Å²) in [5, 5.41) is 9.07. The van der Waals surface area contributed by atoms with Crippen LogP contribution in [0.15, 0.2) is 24.4 Å². The van der Waals surface area contributed by atoms with Crippen LogP contribution in [-0.4, -0.2) is 39.1 Å². The molecule has 1 aliphatic rings. The summed E-state index contributed by atoms with van der Waals surface area (Å²) in [5.74, 6) is -0.383. The van der Waals surface area contributed by atoms with E-state index in [2.05, 4.69) is 15.4 Å². The normalized spacial score (nSPS) is 14.2. The highest BCUT2D eigenvalue weighted by Gasteiger charge is 2.30. The topological polar surface area (TPSA) is 88.4 Å². The molecule has 3 heterocycles. The van der Waals surface area contributed by atoms with Gasteiger partial charge in [-0.05, 0) is 38.0 Å². The summed E-state index contributed by atoms with van der Waals surface area (Å²) in [6.45, 7) is 0.383. The minimum Gasteiger partial charge on any atom is -0.342 e. The summed E-state index contributed by atoms with van der Waals surface area (Å²) in [6, 6.07) is 4.95. The van der Waals surface area contributed by atoms with Gasteiger partial charge >= 0.3 is 6.18 Å². The van der Waals surface area contributed by atoms with Crippen molar-refractivity contribution in [3.8, 4) is 11.3 Å². The number of carbonyl (C=O) groups excluding carboxylic acids is 2. The van der Waals surface area contributed by atoms with Crippen molar-refractivity contribution in [2.24, 2.45) is 5.92 Å². The minimum absolute atomic E-state index is 0.0544. The second-order valence-electron chi connectivity index (χ2n) is 6.79. The van der Waals surface area contributed by atoms with Gasteiger partial charge in [-0.15, -0.1) is 11.3 Å². The predicted molar refractivity (Wildman–Crippen MR) is 101 cm³/mol. The fraction of sp³-hybridized carbons (Fsp3) is 0.333. The molecule has 0 spiro atoms. The van der Waals surface area contributed by atoms with Crippen LogP contribution in [0, 0.1) is 12.8 Å². The maximum Gasteiger partial charge on any atom is 0.405 e. The van der Waals surface area contributed by atoms with Crippen LogP contribution in [0.25, 0.3) is 16.9 Å². The Bertz CT molecular complexity index is 1100. The van der Waals surface area contributed by atoms with Crippen molar-refractivity contribution in [3.63, 3.8) is 0 Å². The maximum absolute atomic E-state index is 12.3. The third-order valence-electron chi connectivity index (χ3n) is 4.39. The first kappa shape index (κ1) is 19.4. The molecule has 1 fully saturated rings. The van der Waals surface area contributed by atoms with E-state index < -0.39 is 18.6 Å². The highest BCUT2D eigenvalue weighted by Crippen LogP contribution is 2.31. The van der Waals surface area contributed by atoms with Gasteiger partial charge in [-0.25, -0.2) is 9.50 Å². The van der Waals surface area contributed by atoms with E-state index >= 15 is 0 Å². The van der Waals surface area contributed by atoms with Crippen LogP contribution >= 0.6 is 11.3 Å². The molecule has 0 radical (unpaired) electrons. The Balaban J connectivity index is 1.55. The van der Waals surface area contributed by atoms with Crippen LogP contribution in [0.4, 0.5) is 19.0 Å². The number of halogens is 3. The number of aryl methyl sites for hydroxylation is 1. The second-order valence-corrected chi connectivity index (χ2v) is 8.05. The standard InChI is InChI=1S/C18H16F3N5O2S/c1-9-11(6-13(29-9)17(28)22-8-18(19,20)21)12-4-5-15-23-14(7-26(15)25-12)24-16(27)10-2-3-10/h4-7,10H,2-3,8H2,1H3,(H,22,28)(H,24,27). The van der Waals surface area contributed by atoms with Gasteiger partial charge in [0.2, 0.25) is 5.91 Å². The minimum atomic E-state index is -4.47. The van der Waals surface area contributed by atoms with Crippen LogP contribution < -0.4 is 10.6 Å². The zero-order valence-electron chi connectivity index (χ0n) is 15.2. The van der Waals surface area contributed by atoms with E-state index in [0.717, 1.165) is 29.1 Å². The van der Waals surface area contributed by atoms with Gasteiger partial charge in [0.05, 0.1) is 16.8 Å². The van der Waals surface area contributed by atoms with Crippen molar-refractivity contribution in [2.45, 2.75) is 25.9 Å². The van der Waals surface area contributed by atoms with Gasteiger partial charge in [-0.2, -0.15) is 18.3 Å². The molecular weight excluding hydrogens is 407 g/mol. The lowest BCUT2D eigenvalue weighted by molar-refractivity contribution is -0.123. The van der Waals surface area contributed by atoms with E-state index in [1.165, 1.54) is 10.6 Å². The fourth-order valence-corrected chi connectivity index (χ4v) is 3.72. The molecule has 1 aliphatic carbocycles. The second kappa shape index (κ2) is 7.14. The van der Waals surface area contributed by atoms with Crippen molar-refractivity contribution < 1.29 is 22.8 Å². The number of hydrogen-bond donors (Lipinski definition) is 2. The molecule has 152 valence electrons. The fourth-order valence-electron chi connectivity index (χ4n) is 2.78. The summed E-state index contributed by atoms with van der Waals surface area (Å²) < 4.78 is 38.4. The Morgan fingerprint density at radius 1 is 1.31 bits per heavy atom. The van der Waals surface area contributed by atoms with Crippen LogP contribution in [0.3, 0.4) is 0 Å². The quantitative estimate of drug-likeness (QED) is 0.658. The molecule has 4 rings (SSSR count). The van der Waals surface area contributed by atoms with E-state index in [1.807, 2.05) is 5.32 Å². The van der Waals surface area contributed by atoms with Crippen LogP contribution in [0.5, 0.6) is 0 Å². The smallest absolute Gasteiger partial charge is 0.342 e. The van der Waals surface area contributed by atoms with E-state index in [-0.39, 0.29) is 16.7 Å². The molecule has 2 amide bonds. The number of hydrogen-bond acceptors (Lipinski definition) is 5. The van der Waals surface area contributed by atoms with E-state index in [0.29, 0.717) is 22.7 Å². The SMILES string of the molecule is Cc1sc(C(=O)NCC(F)(F)F)cc1-c1ccc2nc(NC(=O)C3CC3)cn2n1. The predicted octanol–water partition coefficient (Wildman–Crippen LogP) is 3.41. The van der Waals surface area contributed by atoms with Crippen molar-refractivity contribution in [3.05, 3.63) is 34.2 Å².